The zero-order valence-corrected chi connectivity index (χ0v) is 9.80. The first-order valence-electron chi connectivity index (χ1n) is 5.07. The molecule has 10 heteroatoms. The van der Waals surface area contributed by atoms with Gasteiger partial charge in [0.2, 0.25) is 0 Å². The third kappa shape index (κ3) is 4.00. The van der Waals surface area contributed by atoms with Gasteiger partial charge in [0, 0.05) is 0 Å². The summed E-state index contributed by atoms with van der Waals surface area (Å²) in [5, 5.41) is 0. The molecule has 0 aliphatic carbocycles. The van der Waals surface area contributed by atoms with E-state index in [1.54, 1.807) is 0 Å². The van der Waals surface area contributed by atoms with E-state index in [-0.39, 0.29) is 12.7 Å². The highest BCUT2D eigenvalue weighted by Crippen LogP contribution is 2.31. The van der Waals surface area contributed by atoms with E-state index in [9.17, 15) is 31.1 Å². The summed E-state index contributed by atoms with van der Waals surface area (Å²) in [5.74, 6) is -4.78. The molecular formula is C10H7F6NO3. The fraction of sp³-hybridized carbons (Fsp3) is 0.400. The lowest BCUT2D eigenvalue weighted by Gasteiger charge is -2.12. The Hall–Kier alpha value is -2.00. The molecule has 20 heavy (non-hydrogen) atoms. The molecule has 0 fully saturated rings. The second-order valence-electron chi connectivity index (χ2n) is 3.28. The van der Waals surface area contributed by atoms with Crippen LogP contribution in [0.4, 0.5) is 26.3 Å². The second-order valence-corrected chi connectivity index (χ2v) is 3.28. The van der Waals surface area contributed by atoms with Gasteiger partial charge in [-0.1, -0.05) is 0 Å². The maximum absolute atomic E-state index is 13.2. The number of carbonyl (C=O) groups excluding carboxylic acids is 1. The smallest absolute Gasteiger partial charge is 0.461 e. The monoisotopic (exact) mass is 303 g/mol. The summed E-state index contributed by atoms with van der Waals surface area (Å²) in [6, 6.07) is 0.0622. The summed E-state index contributed by atoms with van der Waals surface area (Å²) < 4.78 is 81.9. The molecule has 0 radical (unpaired) electrons. The van der Waals surface area contributed by atoms with Crippen LogP contribution >= 0.6 is 0 Å². The van der Waals surface area contributed by atoms with Crippen LogP contribution in [-0.4, -0.2) is 23.9 Å². The third-order valence-corrected chi connectivity index (χ3v) is 1.90. The highest BCUT2D eigenvalue weighted by molar-refractivity contribution is 5.89. The minimum absolute atomic E-state index is 0.0622. The van der Waals surface area contributed by atoms with Crippen molar-refractivity contribution in [1.82, 2.24) is 4.98 Å². The van der Waals surface area contributed by atoms with Crippen LogP contribution in [-0.2, 0) is 4.74 Å². The van der Waals surface area contributed by atoms with Gasteiger partial charge in [0.15, 0.2) is 11.4 Å². The molecule has 1 aromatic rings. The fourth-order valence-corrected chi connectivity index (χ4v) is 1.21. The Labute approximate surface area is 108 Å². The van der Waals surface area contributed by atoms with Crippen LogP contribution in [0.2, 0.25) is 0 Å². The van der Waals surface area contributed by atoms with Crippen LogP contribution in [0.1, 0.15) is 29.4 Å². The molecule has 112 valence electrons. The van der Waals surface area contributed by atoms with Crippen molar-refractivity contribution in [2.24, 2.45) is 0 Å². The third-order valence-electron chi connectivity index (χ3n) is 1.90. The van der Waals surface area contributed by atoms with Gasteiger partial charge < -0.3 is 9.47 Å². The lowest BCUT2D eigenvalue weighted by Crippen LogP contribution is -2.20. The molecule has 0 N–H and O–H groups in total. The van der Waals surface area contributed by atoms with Crippen molar-refractivity contribution in [3.05, 3.63) is 23.3 Å². The van der Waals surface area contributed by atoms with Crippen molar-refractivity contribution in [2.45, 2.75) is 19.7 Å². The Kier molecular flexibility index (Phi) is 4.79. The topological polar surface area (TPSA) is 48.4 Å². The van der Waals surface area contributed by atoms with Crippen LogP contribution in [0.25, 0.3) is 0 Å². The zero-order valence-electron chi connectivity index (χ0n) is 9.80. The van der Waals surface area contributed by atoms with Crippen molar-refractivity contribution in [2.75, 3.05) is 6.61 Å². The normalized spacial score (nSPS) is 11.6. The number of hydrogen-bond acceptors (Lipinski definition) is 4. The van der Waals surface area contributed by atoms with Crippen molar-refractivity contribution in [3.8, 4) is 5.75 Å². The number of aromatic nitrogens is 1. The minimum Gasteiger partial charge on any atom is -0.461 e. The molecule has 4 nitrogen and oxygen atoms in total. The molecule has 0 saturated heterocycles. The van der Waals surface area contributed by atoms with Gasteiger partial charge in [-0.2, -0.15) is 4.39 Å². The van der Waals surface area contributed by atoms with Gasteiger partial charge in [-0.25, -0.2) is 18.6 Å². The molecule has 1 aromatic heterocycles. The van der Waals surface area contributed by atoms with Crippen LogP contribution in [0, 0.1) is 5.95 Å². The maximum Gasteiger partial charge on any atom is 0.573 e. The molecular weight excluding hydrogens is 296 g/mol. The van der Waals surface area contributed by atoms with Gasteiger partial charge in [0.05, 0.1) is 12.2 Å². The van der Waals surface area contributed by atoms with Gasteiger partial charge >= 0.3 is 12.3 Å². The Morgan fingerprint density at radius 2 is 2.00 bits per heavy atom. The number of ether oxygens (including phenoxy) is 2. The van der Waals surface area contributed by atoms with Crippen molar-refractivity contribution in [3.63, 3.8) is 0 Å². The zero-order chi connectivity index (χ0) is 15.5. The van der Waals surface area contributed by atoms with Gasteiger partial charge in [-0.05, 0) is 13.0 Å². The SMILES string of the molecule is CCOC(=O)c1nc(F)c(OC(F)(F)F)cc1C(F)F. The molecule has 1 heterocycles. The summed E-state index contributed by atoms with van der Waals surface area (Å²) >= 11 is 0. The molecule has 0 saturated carbocycles. The average molecular weight is 303 g/mol. The summed E-state index contributed by atoms with van der Waals surface area (Å²) in [5.41, 5.74) is -2.32. The molecule has 0 bridgehead atoms. The number of rotatable bonds is 4. The van der Waals surface area contributed by atoms with Crippen LogP contribution in [0.5, 0.6) is 5.75 Å². The van der Waals surface area contributed by atoms with E-state index >= 15 is 0 Å². The number of halogens is 6. The highest BCUT2D eigenvalue weighted by atomic mass is 19.4. The van der Waals surface area contributed by atoms with E-state index in [2.05, 4.69) is 14.5 Å². The molecule has 0 aromatic carbocycles. The molecule has 0 unspecified atom stereocenters. The Bertz CT molecular complexity index is 503. The van der Waals surface area contributed by atoms with E-state index in [1.807, 2.05) is 0 Å². The van der Waals surface area contributed by atoms with Crippen LogP contribution in [0.15, 0.2) is 6.07 Å². The quantitative estimate of drug-likeness (QED) is 0.487. The average Bonchev–Trinajstić information content (AvgIpc) is 2.29. The first-order valence-corrected chi connectivity index (χ1v) is 5.07. The number of hydrogen-bond donors (Lipinski definition) is 0. The van der Waals surface area contributed by atoms with Gasteiger partial charge in [-0.3, -0.25) is 0 Å². The van der Waals surface area contributed by atoms with E-state index in [0.29, 0.717) is 0 Å². The summed E-state index contributed by atoms with van der Waals surface area (Å²) in [6.07, 6.45) is -8.65. The number of alkyl halides is 5. The van der Waals surface area contributed by atoms with E-state index < -0.39 is 41.7 Å². The highest BCUT2D eigenvalue weighted by Gasteiger charge is 2.34. The summed E-state index contributed by atoms with van der Waals surface area (Å²) in [6.45, 7) is 1.16. The predicted octanol–water partition coefficient (Wildman–Crippen LogP) is 3.23. The second kappa shape index (κ2) is 5.97. The molecule has 0 spiro atoms. The lowest BCUT2D eigenvalue weighted by atomic mass is 10.2. The Morgan fingerprint density at radius 1 is 1.40 bits per heavy atom. The van der Waals surface area contributed by atoms with E-state index in [1.165, 1.54) is 6.92 Å². The molecule has 0 aliphatic heterocycles. The van der Waals surface area contributed by atoms with Crippen molar-refractivity contribution < 1.29 is 40.6 Å². The van der Waals surface area contributed by atoms with Gasteiger partial charge in [-0.15, -0.1) is 13.2 Å². The Balaban J connectivity index is 3.28. The van der Waals surface area contributed by atoms with Crippen molar-refractivity contribution >= 4 is 5.97 Å². The molecule has 0 atom stereocenters. The number of nitrogens with zero attached hydrogens (tertiary/aromatic N) is 1. The first kappa shape index (κ1) is 16.1. The van der Waals surface area contributed by atoms with Gasteiger partial charge in [0.1, 0.15) is 0 Å². The number of esters is 1. The maximum atomic E-state index is 13.2. The number of carbonyl (C=O) groups is 1. The molecule has 1 rings (SSSR count). The van der Waals surface area contributed by atoms with Crippen LogP contribution in [0.3, 0.4) is 0 Å². The van der Waals surface area contributed by atoms with Crippen LogP contribution < -0.4 is 4.74 Å². The largest absolute Gasteiger partial charge is 0.573 e. The molecule has 0 amide bonds. The summed E-state index contributed by atoms with van der Waals surface area (Å²) in [7, 11) is 0. The van der Waals surface area contributed by atoms with E-state index in [0.717, 1.165) is 0 Å². The Morgan fingerprint density at radius 3 is 2.45 bits per heavy atom. The first-order chi connectivity index (χ1) is 9.15. The minimum atomic E-state index is -5.28. The summed E-state index contributed by atoms with van der Waals surface area (Å²) in [4.78, 5) is 14.0. The predicted molar refractivity (Wildman–Crippen MR) is 51.8 cm³/mol. The molecule has 0 aliphatic rings. The standard InChI is InChI=1S/C10H7F6NO3/c1-2-19-9(18)6-4(7(11)12)3-5(8(13)17-6)20-10(14,15)16/h3,7H,2H2,1H3. The number of pyridine rings is 1. The van der Waals surface area contributed by atoms with E-state index in [4.69, 9.17) is 0 Å². The lowest BCUT2D eigenvalue weighted by molar-refractivity contribution is -0.275. The fourth-order valence-electron chi connectivity index (χ4n) is 1.21. The van der Waals surface area contributed by atoms with Gasteiger partial charge in [0.25, 0.3) is 12.4 Å². The van der Waals surface area contributed by atoms with Crippen molar-refractivity contribution in [1.29, 1.82) is 0 Å².